The summed E-state index contributed by atoms with van der Waals surface area (Å²) in [4.78, 5) is 10.8. The monoisotopic (exact) mass is 153 g/mol. The minimum atomic E-state index is -0.325. The molecule has 1 rings (SSSR count). The lowest BCUT2D eigenvalue weighted by atomic mass is 10.1. The molecular weight excluding hydrogens is 142 g/mol. The average Bonchev–Trinajstić information content (AvgIpc) is 1.94. The maximum absolute atomic E-state index is 10.8. The van der Waals surface area contributed by atoms with Crippen LogP contribution in [-0.4, -0.2) is 10.2 Å². The predicted octanol–water partition coefficient (Wildman–Crippen LogP) is 0.475. The van der Waals surface area contributed by atoms with Gasteiger partial charge in [0.25, 0.3) is 5.56 Å². The molecule has 4 heteroatoms. The van der Waals surface area contributed by atoms with Gasteiger partial charge in [-0.05, 0) is 12.0 Å². The SMILES string of the molecule is CC(C)c1cc(N)c(=O)[nH]n1. The quantitative estimate of drug-likeness (QED) is 0.616. The zero-order valence-corrected chi connectivity index (χ0v) is 6.59. The zero-order chi connectivity index (χ0) is 8.43. The second-order valence-corrected chi connectivity index (χ2v) is 2.73. The smallest absolute Gasteiger partial charge is 0.287 e. The van der Waals surface area contributed by atoms with E-state index in [1.165, 1.54) is 0 Å². The molecule has 0 spiro atoms. The third-order valence-electron chi connectivity index (χ3n) is 1.44. The molecule has 0 radical (unpaired) electrons. The van der Waals surface area contributed by atoms with Crippen LogP contribution in [0.25, 0.3) is 0 Å². The molecule has 1 heterocycles. The lowest BCUT2D eigenvalue weighted by Crippen LogP contribution is -2.14. The first-order chi connectivity index (χ1) is 5.11. The summed E-state index contributed by atoms with van der Waals surface area (Å²) in [5.74, 6) is 0.286. The lowest BCUT2D eigenvalue weighted by Gasteiger charge is -2.02. The van der Waals surface area contributed by atoms with Crippen LogP contribution in [-0.2, 0) is 0 Å². The molecule has 0 saturated heterocycles. The van der Waals surface area contributed by atoms with Gasteiger partial charge in [-0.15, -0.1) is 0 Å². The van der Waals surface area contributed by atoms with Crippen LogP contribution in [0.5, 0.6) is 0 Å². The highest BCUT2D eigenvalue weighted by atomic mass is 16.1. The van der Waals surface area contributed by atoms with Crippen molar-refractivity contribution in [3.8, 4) is 0 Å². The Kier molecular flexibility index (Phi) is 1.94. The summed E-state index contributed by atoms with van der Waals surface area (Å²) in [5.41, 5.74) is 6.08. The third kappa shape index (κ3) is 1.58. The molecule has 0 aliphatic carbocycles. The number of anilines is 1. The fourth-order valence-electron chi connectivity index (χ4n) is 0.733. The van der Waals surface area contributed by atoms with E-state index < -0.39 is 0 Å². The van der Waals surface area contributed by atoms with Crippen LogP contribution in [0.2, 0.25) is 0 Å². The van der Waals surface area contributed by atoms with Crippen molar-refractivity contribution < 1.29 is 0 Å². The van der Waals surface area contributed by atoms with Crippen molar-refractivity contribution >= 4 is 5.69 Å². The number of rotatable bonds is 1. The Balaban J connectivity index is 3.15. The summed E-state index contributed by atoms with van der Waals surface area (Å²) < 4.78 is 0. The summed E-state index contributed by atoms with van der Waals surface area (Å²) in [5, 5.41) is 6.14. The molecular formula is C7H11N3O. The molecule has 0 aliphatic rings. The number of aromatic nitrogens is 2. The maximum Gasteiger partial charge on any atom is 0.287 e. The van der Waals surface area contributed by atoms with Gasteiger partial charge in [-0.3, -0.25) is 4.79 Å². The Morgan fingerprint density at radius 2 is 2.27 bits per heavy atom. The molecule has 11 heavy (non-hydrogen) atoms. The minimum Gasteiger partial charge on any atom is -0.394 e. The fraction of sp³-hybridized carbons (Fsp3) is 0.429. The molecule has 0 aliphatic heterocycles. The van der Waals surface area contributed by atoms with Gasteiger partial charge in [0, 0.05) is 0 Å². The highest BCUT2D eigenvalue weighted by Gasteiger charge is 2.02. The number of aromatic amines is 1. The number of nitrogens with two attached hydrogens (primary N) is 1. The zero-order valence-electron chi connectivity index (χ0n) is 6.59. The number of nitrogens with one attached hydrogen (secondary N) is 1. The molecule has 4 nitrogen and oxygen atoms in total. The summed E-state index contributed by atoms with van der Waals surface area (Å²) in [6.45, 7) is 3.97. The highest BCUT2D eigenvalue weighted by molar-refractivity contribution is 5.35. The van der Waals surface area contributed by atoms with Gasteiger partial charge in [0.2, 0.25) is 0 Å². The first-order valence-corrected chi connectivity index (χ1v) is 3.46. The molecule has 0 saturated carbocycles. The van der Waals surface area contributed by atoms with E-state index in [-0.39, 0.29) is 17.2 Å². The number of H-pyrrole nitrogens is 1. The van der Waals surface area contributed by atoms with Crippen molar-refractivity contribution in [3.63, 3.8) is 0 Å². The third-order valence-corrected chi connectivity index (χ3v) is 1.44. The van der Waals surface area contributed by atoms with E-state index in [0.29, 0.717) is 0 Å². The maximum atomic E-state index is 10.8. The van der Waals surface area contributed by atoms with E-state index in [4.69, 9.17) is 5.73 Å². The van der Waals surface area contributed by atoms with Gasteiger partial charge in [0.05, 0.1) is 5.69 Å². The number of nitrogen functional groups attached to an aromatic ring is 1. The second kappa shape index (κ2) is 2.74. The Hall–Kier alpha value is -1.32. The fourth-order valence-corrected chi connectivity index (χ4v) is 0.733. The molecule has 1 aromatic rings. The van der Waals surface area contributed by atoms with Crippen LogP contribution in [0.1, 0.15) is 25.5 Å². The number of nitrogens with zero attached hydrogens (tertiary/aromatic N) is 1. The van der Waals surface area contributed by atoms with Crippen LogP contribution in [0, 0.1) is 0 Å². The molecule has 0 fully saturated rings. The normalized spacial score (nSPS) is 10.5. The standard InChI is InChI=1S/C7H11N3O/c1-4(2)6-3-5(8)7(11)10-9-6/h3-4H,1-2H3,(H2,8,9)(H,10,11). The van der Waals surface area contributed by atoms with Crippen molar-refractivity contribution in [1.29, 1.82) is 0 Å². The van der Waals surface area contributed by atoms with Gasteiger partial charge in [-0.1, -0.05) is 13.8 Å². The Morgan fingerprint density at radius 1 is 1.64 bits per heavy atom. The summed E-state index contributed by atoms with van der Waals surface area (Å²) in [6, 6.07) is 1.60. The Bertz CT molecular complexity index is 303. The van der Waals surface area contributed by atoms with Gasteiger partial charge < -0.3 is 5.73 Å². The minimum absolute atomic E-state index is 0.226. The summed E-state index contributed by atoms with van der Waals surface area (Å²) in [6.07, 6.45) is 0. The molecule has 1 aromatic heterocycles. The molecule has 0 atom stereocenters. The van der Waals surface area contributed by atoms with E-state index in [9.17, 15) is 4.79 Å². The molecule has 0 amide bonds. The van der Waals surface area contributed by atoms with Crippen molar-refractivity contribution in [2.75, 3.05) is 5.73 Å². The Labute approximate surface area is 64.4 Å². The molecule has 60 valence electrons. The summed E-state index contributed by atoms with van der Waals surface area (Å²) >= 11 is 0. The lowest BCUT2D eigenvalue weighted by molar-refractivity contribution is 0.779. The highest BCUT2D eigenvalue weighted by Crippen LogP contribution is 2.09. The van der Waals surface area contributed by atoms with Crippen molar-refractivity contribution in [1.82, 2.24) is 10.2 Å². The van der Waals surface area contributed by atoms with E-state index in [1.807, 2.05) is 13.8 Å². The second-order valence-electron chi connectivity index (χ2n) is 2.73. The van der Waals surface area contributed by atoms with Crippen LogP contribution < -0.4 is 11.3 Å². The molecule has 0 unspecified atom stereocenters. The first-order valence-electron chi connectivity index (χ1n) is 3.46. The topological polar surface area (TPSA) is 71.8 Å². The van der Waals surface area contributed by atoms with Gasteiger partial charge in [-0.25, -0.2) is 5.10 Å². The largest absolute Gasteiger partial charge is 0.394 e. The van der Waals surface area contributed by atoms with Crippen LogP contribution >= 0.6 is 0 Å². The average molecular weight is 153 g/mol. The predicted molar refractivity (Wildman–Crippen MR) is 43.4 cm³/mol. The van der Waals surface area contributed by atoms with Crippen LogP contribution in [0.4, 0.5) is 5.69 Å². The van der Waals surface area contributed by atoms with Crippen molar-refractivity contribution in [2.45, 2.75) is 19.8 Å². The van der Waals surface area contributed by atoms with Crippen molar-refractivity contribution in [3.05, 3.63) is 22.1 Å². The van der Waals surface area contributed by atoms with Gasteiger partial charge in [0.15, 0.2) is 0 Å². The van der Waals surface area contributed by atoms with E-state index in [2.05, 4.69) is 10.2 Å². The first kappa shape index (κ1) is 7.78. The van der Waals surface area contributed by atoms with Gasteiger partial charge >= 0.3 is 0 Å². The summed E-state index contributed by atoms with van der Waals surface area (Å²) in [7, 11) is 0. The van der Waals surface area contributed by atoms with E-state index >= 15 is 0 Å². The van der Waals surface area contributed by atoms with Crippen molar-refractivity contribution in [2.24, 2.45) is 0 Å². The molecule has 0 aromatic carbocycles. The van der Waals surface area contributed by atoms with Gasteiger partial charge in [-0.2, -0.15) is 5.10 Å². The van der Waals surface area contributed by atoms with Crippen LogP contribution in [0.15, 0.2) is 10.9 Å². The van der Waals surface area contributed by atoms with Crippen LogP contribution in [0.3, 0.4) is 0 Å². The molecule has 0 bridgehead atoms. The van der Waals surface area contributed by atoms with E-state index in [0.717, 1.165) is 5.69 Å². The number of hydrogen-bond donors (Lipinski definition) is 2. The van der Waals surface area contributed by atoms with E-state index in [1.54, 1.807) is 6.07 Å². The molecule has 3 N–H and O–H groups in total. The van der Waals surface area contributed by atoms with Gasteiger partial charge in [0.1, 0.15) is 5.69 Å². The number of hydrogen-bond acceptors (Lipinski definition) is 3. The Morgan fingerprint density at radius 3 is 2.73 bits per heavy atom.